The van der Waals surface area contributed by atoms with Crippen molar-refractivity contribution in [3.63, 3.8) is 0 Å². The molecule has 0 unspecified atom stereocenters. The number of nitrogens with zero attached hydrogens (tertiary/aromatic N) is 3. The van der Waals surface area contributed by atoms with E-state index in [0.717, 1.165) is 10.1 Å². The largest absolute Gasteiger partial charge is 0.481 e. The van der Waals surface area contributed by atoms with Gasteiger partial charge in [0, 0.05) is 11.3 Å². The van der Waals surface area contributed by atoms with Crippen LogP contribution in [0.3, 0.4) is 0 Å². The van der Waals surface area contributed by atoms with Gasteiger partial charge in [0.2, 0.25) is 0 Å². The topological polar surface area (TPSA) is 114 Å². The Morgan fingerprint density at radius 2 is 1.84 bits per heavy atom. The van der Waals surface area contributed by atoms with Gasteiger partial charge >= 0.3 is 5.97 Å². The fourth-order valence-electron chi connectivity index (χ4n) is 2.33. The summed E-state index contributed by atoms with van der Waals surface area (Å²) in [6, 6.07) is 15.2. The van der Waals surface area contributed by atoms with Crippen molar-refractivity contribution in [2.75, 3.05) is 12.4 Å². The highest BCUT2D eigenvalue weighted by Crippen LogP contribution is 2.30. The van der Waals surface area contributed by atoms with Crippen molar-refractivity contribution in [2.24, 2.45) is 5.10 Å². The van der Waals surface area contributed by atoms with Crippen molar-refractivity contribution >= 4 is 53.0 Å². The van der Waals surface area contributed by atoms with Gasteiger partial charge in [0.1, 0.15) is 5.75 Å². The van der Waals surface area contributed by atoms with Gasteiger partial charge in [0.25, 0.3) is 5.91 Å². The number of nitrogens with one attached hydrogen (secondary N) is 1. The lowest BCUT2D eigenvalue weighted by Gasteiger charge is -2.06. The number of para-hydroxylation sites is 1. The summed E-state index contributed by atoms with van der Waals surface area (Å²) in [4.78, 5) is 22.7. The van der Waals surface area contributed by atoms with Gasteiger partial charge in [-0.3, -0.25) is 4.79 Å². The molecule has 3 rings (SSSR count). The van der Waals surface area contributed by atoms with Crippen LogP contribution in [-0.2, 0) is 15.3 Å². The van der Waals surface area contributed by atoms with Gasteiger partial charge < -0.3 is 9.84 Å². The van der Waals surface area contributed by atoms with Crippen LogP contribution < -0.4 is 10.2 Å². The number of ether oxygens (including phenoxy) is 1. The molecule has 0 aliphatic carbocycles. The number of aryl methyl sites for hydroxylation is 1. The number of rotatable bonds is 11. The molecule has 0 radical (unpaired) electrons. The Balaban J connectivity index is 1.42. The average Bonchev–Trinajstić information content (AvgIpc) is 3.24. The predicted octanol–water partition coefficient (Wildman–Crippen LogP) is 3.84. The van der Waals surface area contributed by atoms with Gasteiger partial charge in [0.15, 0.2) is 15.3 Å². The molecule has 1 aromatic heterocycles. The van der Waals surface area contributed by atoms with Crippen LogP contribution in [-0.4, -0.2) is 45.8 Å². The predicted molar refractivity (Wildman–Crippen MR) is 127 cm³/mol. The van der Waals surface area contributed by atoms with Gasteiger partial charge in [-0.15, -0.1) is 10.2 Å². The number of aromatic nitrogens is 2. The van der Waals surface area contributed by atoms with Crippen molar-refractivity contribution in [3.8, 4) is 5.75 Å². The Kier molecular flexibility index (Phi) is 9.08. The quantitative estimate of drug-likeness (QED) is 0.238. The number of hydrazone groups is 1. The monoisotopic (exact) mass is 488 g/mol. The molecule has 3 aromatic rings. The number of carbonyl (C=O) groups is 2. The van der Waals surface area contributed by atoms with Crippen molar-refractivity contribution in [2.45, 2.75) is 21.4 Å². The van der Waals surface area contributed by atoms with Crippen molar-refractivity contribution in [1.29, 1.82) is 0 Å². The highest BCUT2D eigenvalue weighted by Gasteiger charge is 2.09. The molecule has 1 amide bonds. The SMILES string of the molecule is Cc1ccc(CSc2nnc(SCC(=O)N/N=C\c3ccccc3OCC(=O)O)s2)cc1. The maximum atomic E-state index is 12.0. The lowest BCUT2D eigenvalue weighted by Crippen LogP contribution is -2.19. The average molecular weight is 489 g/mol. The number of carbonyl (C=O) groups excluding carboxylic acids is 1. The van der Waals surface area contributed by atoms with Crippen molar-refractivity contribution in [3.05, 3.63) is 65.2 Å². The molecule has 0 saturated heterocycles. The number of carboxylic acid groups (broad SMARTS) is 1. The van der Waals surface area contributed by atoms with Crippen LogP contribution in [0.2, 0.25) is 0 Å². The fraction of sp³-hybridized carbons (Fsp3) is 0.190. The number of hydrogen-bond acceptors (Lipinski definition) is 9. The lowest BCUT2D eigenvalue weighted by molar-refractivity contribution is -0.139. The lowest BCUT2D eigenvalue weighted by atomic mass is 10.2. The van der Waals surface area contributed by atoms with E-state index in [1.54, 1.807) is 36.0 Å². The molecule has 0 aliphatic rings. The number of thioether (sulfide) groups is 2. The van der Waals surface area contributed by atoms with E-state index in [9.17, 15) is 9.59 Å². The highest BCUT2D eigenvalue weighted by atomic mass is 32.2. The van der Waals surface area contributed by atoms with Gasteiger partial charge in [-0.1, -0.05) is 76.8 Å². The summed E-state index contributed by atoms with van der Waals surface area (Å²) in [5.41, 5.74) is 5.45. The van der Waals surface area contributed by atoms with E-state index < -0.39 is 12.6 Å². The molecule has 1 heterocycles. The third-order valence-corrected chi connectivity index (χ3v) is 7.12. The number of carboxylic acids is 1. The second-order valence-electron chi connectivity index (χ2n) is 6.41. The highest BCUT2D eigenvalue weighted by molar-refractivity contribution is 8.03. The zero-order valence-corrected chi connectivity index (χ0v) is 19.5. The third-order valence-electron chi connectivity index (χ3n) is 3.86. The number of amides is 1. The molecule has 11 heteroatoms. The van der Waals surface area contributed by atoms with Crippen LogP contribution in [0.25, 0.3) is 0 Å². The molecular weight excluding hydrogens is 468 g/mol. The molecule has 2 aromatic carbocycles. The molecule has 32 heavy (non-hydrogen) atoms. The summed E-state index contributed by atoms with van der Waals surface area (Å²) in [5.74, 6) is -0.0421. The maximum absolute atomic E-state index is 12.0. The summed E-state index contributed by atoms with van der Waals surface area (Å²) in [7, 11) is 0. The third kappa shape index (κ3) is 7.98. The second kappa shape index (κ2) is 12.2. The van der Waals surface area contributed by atoms with Crippen LogP contribution in [0, 0.1) is 6.92 Å². The summed E-state index contributed by atoms with van der Waals surface area (Å²) in [6.07, 6.45) is 1.41. The van der Waals surface area contributed by atoms with Crippen molar-refractivity contribution < 1.29 is 19.4 Å². The minimum Gasteiger partial charge on any atom is -0.481 e. The molecular formula is C21H20N4O4S3. The molecule has 0 atom stereocenters. The molecule has 2 N–H and O–H groups in total. The molecule has 0 spiro atoms. The zero-order valence-electron chi connectivity index (χ0n) is 17.1. The molecule has 166 valence electrons. The van der Waals surface area contributed by atoms with Gasteiger partial charge in [0.05, 0.1) is 12.0 Å². The first-order valence-electron chi connectivity index (χ1n) is 9.40. The van der Waals surface area contributed by atoms with E-state index in [1.165, 1.54) is 40.4 Å². The Morgan fingerprint density at radius 3 is 2.59 bits per heavy atom. The summed E-state index contributed by atoms with van der Waals surface area (Å²) < 4.78 is 6.76. The summed E-state index contributed by atoms with van der Waals surface area (Å²) in [6.45, 7) is 1.60. The Morgan fingerprint density at radius 1 is 1.12 bits per heavy atom. The van der Waals surface area contributed by atoms with E-state index >= 15 is 0 Å². The molecule has 0 saturated carbocycles. The van der Waals surface area contributed by atoms with E-state index in [4.69, 9.17) is 9.84 Å². The Bertz CT molecular complexity index is 1090. The number of aliphatic carboxylic acids is 1. The summed E-state index contributed by atoms with van der Waals surface area (Å²) in [5, 5.41) is 20.9. The second-order valence-corrected chi connectivity index (χ2v) is 9.83. The van der Waals surface area contributed by atoms with E-state index in [2.05, 4.69) is 51.9 Å². The van der Waals surface area contributed by atoms with Crippen LogP contribution in [0.1, 0.15) is 16.7 Å². The first kappa shape index (κ1) is 23.8. The zero-order chi connectivity index (χ0) is 22.8. The molecule has 0 bridgehead atoms. The number of benzene rings is 2. The van der Waals surface area contributed by atoms with E-state index in [-0.39, 0.29) is 11.7 Å². The minimum atomic E-state index is -1.07. The maximum Gasteiger partial charge on any atom is 0.341 e. The summed E-state index contributed by atoms with van der Waals surface area (Å²) >= 11 is 4.35. The van der Waals surface area contributed by atoms with Crippen LogP contribution in [0.5, 0.6) is 5.75 Å². The van der Waals surface area contributed by atoms with Crippen LogP contribution >= 0.6 is 34.9 Å². The Hall–Kier alpha value is -2.89. The molecule has 8 nitrogen and oxygen atoms in total. The first-order valence-corrected chi connectivity index (χ1v) is 12.2. The van der Waals surface area contributed by atoms with E-state index in [1.807, 2.05) is 0 Å². The van der Waals surface area contributed by atoms with Crippen LogP contribution in [0.4, 0.5) is 0 Å². The smallest absolute Gasteiger partial charge is 0.341 e. The van der Waals surface area contributed by atoms with Crippen molar-refractivity contribution in [1.82, 2.24) is 15.6 Å². The fourth-order valence-corrected chi connectivity index (χ4v) is 5.10. The normalized spacial score (nSPS) is 10.9. The van der Waals surface area contributed by atoms with Gasteiger partial charge in [-0.2, -0.15) is 5.10 Å². The minimum absolute atomic E-state index is 0.145. The Labute approximate surface area is 197 Å². The molecule has 0 fully saturated rings. The first-order chi connectivity index (χ1) is 15.5. The standard InChI is InChI=1S/C21H20N4O4S3/c1-14-6-8-15(9-7-14)12-30-20-24-25-21(32-20)31-13-18(26)23-22-10-16-4-2-3-5-17(16)29-11-19(27)28/h2-10H,11-13H2,1H3,(H,23,26)(H,27,28)/b22-10-. The number of hydrogen-bond donors (Lipinski definition) is 2. The van der Waals surface area contributed by atoms with E-state index in [0.29, 0.717) is 15.7 Å². The van der Waals surface area contributed by atoms with Gasteiger partial charge in [-0.25, -0.2) is 10.2 Å². The molecule has 0 aliphatic heterocycles. The van der Waals surface area contributed by atoms with Crippen LogP contribution in [0.15, 0.2) is 62.3 Å². The van der Waals surface area contributed by atoms with Gasteiger partial charge in [-0.05, 0) is 24.6 Å².